The molecule has 0 saturated carbocycles. The summed E-state index contributed by atoms with van der Waals surface area (Å²) in [6, 6.07) is 12.0. The van der Waals surface area contributed by atoms with Crippen LogP contribution in [0.4, 0.5) is 0 Å². The first-order chi connectivity index (χ1) is 10.6. The molecule has 0 amide bonds. The summed E-state index contributed by atoms with van der Waals surface area (Å²) in [6.07, 6.45) is 0.683. The van der Waals surface area contributed by atoms with Gasteiger partial charge in [-0.25, -0.2) is 4.98 Å². The zero-order chi connectivity index (χ0) is 16.2. The van der Waals surface area contributed by atoms with Crippen molar-refractivity contribution in [2.45, 2.75) is 24.9 Å². The van der Waals surface area contributed by atoms with Gasteiger partial charge in [0.1, 0.15) is 5.41 Å². The summed E-state index contributed by atoms with van der Waals surface area (Å²) in [5.41, 5.74) is -0.802. The van der Waals surface area contributed by atoms with Crippen LogP contribution in [0.3, 0.4) is 0 Å². The normalized spacial score (nSPS) is 14.9. The maximum atomic E-state index is 12.2. The van der Waals surface area contributed by atoms with Gasteiger partial charge < -0.3 is 14.9 Å². The van der Waals surface area contributed by atoms with E-state index >= 15 is 0 Å². The number of methoxy groups -OCH3 is 1. The van der Waals surface area contributed by atoms with E-state index in [0.29, 0.717) is 11.1 Å². The van der Waals surface area contributed by atoms with Crippen LogP contribution in [0, 0.1) is 0 Å². The molecule has 2 N–H and O–H groups in total. The van der Waals surface area contributed by atoms with Crippen molar-refractivity contribution in [1.82, 2.24) is 4.98 Å². The van der Waals surface area contributed by atoms with Crippen LogP contribution in [-0.2, 0) is 10.2 Å². The lowest BCUT2D eigenvalue weighted by Gasteiger charge is -2.35. The molecule has 0 aliphatic heterocycles. The predicted molar refractivity (Wildman–Crippen MR) is 81.9 cm³/mol. The van der Waals surface area contributed by atoms with E-state index in [-0.39, 0.29) is 12.3 Å². The predicted octanol–water partition coefficient (Wildman–Crippen LogP) is 2.23. The number of hydrogen-bond acceptors (Lipinski definition) is 4. The van der Waals surface area contributed by atoms with Gasteiger partial charge in [-0.1, -0.05) is 43.3 Å². The summed E-state index contributed by atoms with van der Waals surface area (Å²) >= 11 is 0. The number of aliphatic hydroxyl groups is 1. The lowest BCUT2D eigenvalue weighted by molar-refractivity contribution is -0.146. The number of benzene rings is 1. The number of carboxylic acid groups (broad SMARTS) is 1. The van der Waals surface area contributed by atoms with Gasteiger partial charge >= 0.3 is 5.97 Å². The van der Waals surface area contributed by atoms with Crippen LogP contribution in [-0.4, -0.2) is 34.4 Å². The van der Waals surface area contributed by atoms with E-state index in [1.807, 2.05) is 0 Å². The molecule has 0 aliphatic rings. The molecule has 0 bridgehead atoms. The number of nitrogens with zero attached hydrogens (tertiary/aromatic N) is 1. The Morgan fingerprint density at radius 1 is 1.27 bits per heavy atom. The molecule has 5 nitrogen and oxygen atoms in total. The second-order valence-corrected chi connectivity index (χ2v) is 4.96. The molecule has 2 rings (SSSR count). The topological polar surface area (TPSA) is 79.7 Å². The summed E-state index contributed by atoms with van der Waals surface area (Å²) < 4.78 is 5.23. The van der Waals surface area contributed by atoms with Crippen LogP contribution >= 0.6 is 0 Å². The molecule has 1 aromatic carbocycles. The molecule has 0 saturated heterocycles. The number of aliphatic hydroxyl groups excluding tert-OH is 1. The van der Waals surface area contributed by atoms with Crippen molar-refractivity contribution >= 4 is 5.97 Å². The second kappa shape index (κ2) is 6.58. The number of ether oxygens (including phenoxy) is 1. The van der Waals surface area contributed by atoms with Gasteiger partial charge in [-0.05, 0) is 18.1 Å². The Hall–Kier alpha value is -2.40. The first kappa shape index (κ1) is 16.0. The molecule has 2 atom stereocenters. The Labute approximate surface area is 129 Å². The zero-order valence-electron chi connectivity index (χ0n) is 12.6. The molecular weight excluding hydrogens is 282 g/mol. The van der Waals surface area contributed by atoms with Gasteiger partial charge in [0, 0.05) is 11.8 Å². The van der Waals surface area contributed by atoms with Gasteiger partial charge in [0.25, 0.3) is 0 Å². The van der Waals surface area contributed by atoms with Crippen molar-refractivity contribution in [3.63, 3.8) is 0 Å². The van der Waals surface area contributed by atoms with Crippen LogP contribution in [0.5, 0.6) is 5.88 Å². The Kier molecular flexibility index (Phi) is 4.78. The summed E-state index contributed by atoms with van der Waals surface area (Å²) in [5, 5.41) is 20.6. The minimum Gasteiger partial charge on any atom is -0.481 e. The average molecular weight is 301 g/mol. The van der Waals surface area contributed by atoms with E-state index in [1.165, 1.54) is 13.3 Å². The highest BCUT2D eigenvalue weighted by Gasteiger charge is 2.50. The fraction of sp³-hybridized carbons (Fsp3) is 0.294. The minimum atomic E-state index is -1.63. The summed E-state index contributed by atoms with van der Waals surface area (Å²) in [7, 11) is 1.43. The van der Waals surface area contributed by atoms with E-state index in [9.17, 15) is 15.0 Å². The van der Waals surface area contributed by atoms with Crippen molar-refractivity contribution in [1.29, 1.82) is 0 Å². The van der Waals surface area contributed by atoms with Gasteiger partial charge in [-0.3, -0.25) is 4.79 Å². The molecule has 2 unspecified atom stereocenters. The highest BCUT2D eigenvalue weighted by molar-refractivity contribution is 5.87. The van der Waals surface area contributed by atoms with Crippen LogP contribution in [0.1, 0.15) is 24.5 Å². The summed E-state index contributed by atoms with van der Waals surface area (Å²) in [6.45, 7) is 1.74. The fourth-order valence-electron chi connectivity index (χ4n) is 2.77. The molecule has 0 radical (unpaired) electrons. The number of hydrogen-bond donors (Lipinski definition) is 2. The third-order valence-corrected chi connectivity index (χ3v) is 3.84. The Balaban J connectivity index is 2.82. The molecule has 5 heteroatoms. The summed E-state index contributed by atoms with van der Waals surface area (Å²) in [4.78, 5) is 16.3. The van der Waals surface area contributed by atoms with Crippen LogP contribution in [0.15, 0.2) is 48.7 Å². The van der Waals surface area contributed by atoms with Crippen molar-refractivity contribution in [3.05, 3.63) is 59.8 Å². The highest BCUT2D eigenvalue weighted by atomic mass is 16.5. The molecule has 22 heavy (non-hydrogen) atoms. The largest absolute Gasteiger partial charge is 0.481 e. The number of aliphatic carboxylic acids is 1. The van der Waals surface area contributed by atoms with Gasteiger partial charge in [0.15, 0.2) is 0 Å². The Morgan fingerprint density at radius 2 is 1.95 bits per heavy atom. The van der Waals surface area contributed by atoms with Crippen molar-refractivity contribution < 1.29 is 19.7 Å². The number of carboxylic acids is 1. The number of aromatic nitrogens is 1. The van der Waals surface area contributed by atoms with E-state index in [0.717, 1.165) is 0 Å². The number of carbonyl (C=O) groups is 1. The van der Waals surface area contributed by atoms with E-state index < -0.39 is 17.5 Å². The Bertz CT molecular complexity index is 644. The van der Waals surface area contributed by atoms with Gasteiger partial charge in [-0.15, -0.1) is 0 Å². The lowest BCUT2D eigenvalue weighted by Crippen LogP contribution is -2.47. The molecule has 116 valence electrons. The standard InChI is InChI=1S/C17H19NO4/c1-3-14(19)17(16(20)21,12-8-5-4-6-9-12)13-10-7-11-18-15(13)22-2/h4-11,14,19H,3H2,1-2H3,(H,20,21). The molecular formula is C17H19NO4. The van der Waals surface area contributed by atoms with Gasteiger partial charge in [0.05, 0.1) is 13.2 Å². The molecule has 0 aliphatic carbocycles. The Morgan fingerprint density at radius 3 is 2.50 bits per heavy atom. The second-order valence-electron chi connectivity index (χ2n) is 4.96. The maximum absolute atomic E-state index is 12.2. The van der Waals surface area contributed by atoms with E-state index in [1.54, 1.807) is 49.4 Å². The lowest BCUT2D eigenvalue weighted by atomic mass is 9.69. The van der Waals surface area contributed by atoms with Crippen molar-refractivity contribution in [3.8, 4) is 5.88 Å². The average Bonchev–Trinajstić information content (AvgIpc) is 2.56. The van der Waals surface area contributed by atoms with E-state index in [4.69, 9.17) is 4.74 Å². The summed E-state index contributed by atoms with van der Waals surface area (Å²) in [5.74, 6) is -0.944. The molecule has 1 heterocycles. The quantitative estimate of drug-likeness (QED) is 0.855. The van der Waals surface area contributed by atoms with Crippen LogP contribution in [0.2, 0.25) is 0 Å². The number of pyridine rings is 1. The first-order valence-electron chi connectivity index (χ1n) is 7.05. The van der Waals surface area contributed by atoms with Crippen LogP contribution in [0.25, 0.3) is 0 Å². The first-order valence-corrected chi connectivity index (χ1v) is 7.05. The minimum absolute atomic E-state index is 0.196. The molecule has 0 spiro atoms. The monoisotopic (exact) mass is 301 g/mol. The zero-order valence-corrected chi connectivity index (χ0v) is 12.6. The number of rotatable bonds is 6. The van der Waals surface area contributed by atoms with Crippen molar-refractivity contribution in [2.24, 2.45) is 0 Å². The maximum Gasteiger partial charge on any atom is 0.321 e. The van der Waals surface area contributed by atoms with Crippen LogP contribution < -0.4 is 4.74 Å². The molecule has 0 fully saturated rings. The van der Waals surface area contributed by atoms with E-state index in [2.05, 4.69) is 4.98 Å². The van der Waals surface area contributed by atoms with Gasteiger partial charge in [-0.2, -0.15) is 0 Å². The molecule has 2 aromatic rings. The third kappa shape index (κ3) is 2.44. The highest BCUT2D eigenvalue weighted by Crippen LogP contribution is 2.41. The molecule has 1 aromatic heterocycles. The fourth-order valence-corrected chi connectivity index (χ4v) is 2.77. The smallest absolute Gasteiger partial charge is 0.321 e. The van der Waals surface area contributed by atoms with Gasteiger partial charge in [0.2, 0.25) is 5.88 Å². The SMILES string of the molecule is CCC(O)C(C(=O)O)(c1ccccc1)c1cccnc1OC. The van der Waals surface area contributed by atoms with Crippen molar-refractivity contribution in [2.75, 3.05) is 7.11 Å². The third-order valence-electron chi connectivity index (χ3n) is 3.84.